The van der Waals surface area contributed by atoms with Crippen molar-refractivity contribution < 1.29 is 5.11 Å². The first-order valence-corrected chi connectivity index (χ1v) is 7.51. The van der Waals surface area contributed by atoms with E-state index in [1.54, 1.807) is 0 Å². The van der Waals surface area contributed by atoms with E-state index in [-0.39, 0.29) is 0 Å². The molecule has 17 heavy (non-hydrogen) atoms. The van der Waals surface area contributed by atoms with Gasteiger partial charge in [-0.25, -0.2) is 0 Å². The Morgan fingerprint density at radius 3 is 2.29 bits per heavy atom. The van der Waals surface area contributed by atoms with Gasteiger partial charge in [0.05, 0.1) is 11.3 Å². The zero-order valence-corrected chi connectivity index (χ0v) is 13.1. The summed E-state index contributed by atoms with van der Waals surface area (Å²) in [6.07, 6.45) is 4.07. The van der Waals surface area contributed by atoms with Crippen LogP contribution < -0.4 is 5.32 Å². The Bertz CT molecular complexity index is 391. The minimum atomic E-state index is -0.524. The van der Waals surface area contributed by atoms with Crippen molar-refractivity contribution in [2.45, 2.75) is 38.2 Å². The third kappa shape index (κ3) is 3.24. The van der Waals surface area contributed by atoms with Gasteiger partial charge in [-0.15, -0.1) is 0 Å². The van der Waals surface area contributed by atoms with E-state index in [4.69, 9.17) is 0 Å². The third-order valence-corrected chi connectivity index (χ3v) is 4.57. The summed E-state index contributed by atoms with van der Waals surface area (Å²) in [6, 6.07) is 4.15. The first-order valence-electron chi connectivity index (χ1n) is 5.92. The van der Waals surface area contributed by atoms with Crippen LogP contribution in [0.15, 0.2) is 21.1 Å². The normalized spacial score (nSPS) is 18.4. The number of hydrogen-bond donors (Lipinski definition) is 2. The minimum absolute atomic E-state index is 0.524. The summed E-state index contributed by atoms with van der Waals surface area (Å²) in [4.78, 5) is 0. The third-order valence-electron chi connectivity index (χ3n) is 3.31. The average molecular weight is 363 g/mol. The van der Waals surface area contributed by atoms with Gasteiger partial charge in [0, 0.05) is 15.5 Å². The summed E-state index contributed by atoms with van der Waals surface area (Å²) in [5, 5.41) is 13.6. The van der Waals surface area contributed by atoms with Gasteiger partial charge in [0.2, 0.25) is 0 Å². The molecule has 1 aliphatic rings. The summed E-state index contributed by atoms with van der Waals surface area (Å²) < 4.78 is 2.07. The van der Waals surface area contributed by atoms with Crippen molar-refractivity contribution in [3.63, 3.8) is 0 Å². The van der Waals surface area contributed by atoms with Gasteiger partial charge in [0.15, 0.2) is 0 Å². The highest BCUT2D eigenvalue weighted by molar-refractivity contribution is 9.11. The number of aryl methyl sites for hydroxylation is 1. The molecule has 0 heterocycles. The second kappa shape index (κ2) is 5.29. The van der Waals surface area contributed by atoms with Crippen LogP contribution in [-0.4, -0.2) is 17.3 Å². The van der Waals surface area contributed by atoms with Gasteiger partial charge >= 0.3 is 0 Å². The van der Waals surface area contributed by atoms with E-state index in [1.165, 1.54) is 5.56 Å². The molecule has 1 fully saturated rings. The smallest absolute Gasteiger partial charge is 0.0819 e. The molecule has 2 N–H and O–H groups in total. The maximum atomic E-state index is 10.3. The lowest BCUT2D eigenvalue weighted by molar-refractivity contribution is 0.0614. The molecule has 0 saturated heterocycles. The summed E-state index contributed by atoms with van der Waals surface area (Å²) in [6.45, 7) is 2.68. The van der Waals surface area contributed by atoms with E-state index in [2.05, 4.69) is 56.2 Å². The van der Waals surface area contributed by atoms with Gasteiger partial charge in [-0.05, 0) is 69.3 Å². The number of anilines is 1. The van der Waals surface area contributed by atoms with Crippen LogP contribution in [0.2, 0.25) is 0 Å². The lowest BCUT2D eigenvalue weighted by atomic mass is 10.0. The van der Waals surface area contributed by atoms with Crippen LogP contribution >= 0.6 is 31.9 Å². The molecule has 1 saturated carbocycles. The minimum Gasteiger partial charge on any atom is -0.388 e. The molecule has 2 nitrogen and oxygen atoms in total. The van der Waals surface area contributed by atoms with E-state index >= 15 is 0 Å². The van der Waals surface area contributed by atoms with Gasteiger partial charge in [-0.3, -0.25) is 0 Å². The Morgan fingerprint density at radius 2 is 1.76 bits per heavy atom. The van der Waals surface area contributed by atoms with Crippen LogP contribution in [0, 0.1) is 6.92 Å². The summed E-state index contributed by atoms with van der Waals surface area (Å²) in [5.74, 6) is 0. The number of nitrogens with one attached hydrogen (secondary N) is 1. The van der Waals surface area contributed by atoms with E-state index in [0.717, 1.165) is 40.3 Å². The lowest BCUT2D eigenvalue weighted by Crippen LogP contribution is -2.33. The topological polar surface area (TPSA) is 32.3 Å². The number of hydrogen-bond acceptors (Lipinski definition) is 2. The Labute approximate surface area is 119 Å². The van der Waals surface area contributed by atoms with Gasteiger partial charge in [0.25, 0.3) is 0 Å². The Balaban J connectivity index is 2.08. The Hall–Kier alpha value is -0.0600. The standard InChI is InChI=1S/C13H17Br2NO/c1-9-6-10(14)12(11(15)7-9)16-8-13(17)4-2-3-5-13/h6-7,16-17H,2-5,8H2,1H3. The zero-order chi connectivity index (χ0) is 12.5. The summed E-state index contributed by atoms with van der Waals surface area (Å²) in [7, 11) is 0. The second-order valence-corrected chi connectivity index (χ2v) is 6.60. The molecule has 0 atom stereocenters. The molecule has 1 aromatic carbocycles. The van der Waals surface area contributed by atoms with E-state index < -0.39 is 5.60 Å². The lowest BCUT2D eigenvalue weighted by Gasteiger charge is -2.24. The van der Waals surface area contributed by atoms with Crippen molar-refractivity contribution >= 4 is 37.5 Å². The van der Waals surface area contributed by atoms with Gasteiger partial charge in [-0.1, -0.05) is 12.8 Å². The van der Waals surface area contributed by atoms with E-state index in [9.17, 15) is 5.11 Å². The summed E-state index contributed by atoms with van der Waals surface area (Å²) in [5.41, 5.74) is 1.70. The highest BCUT2D eigenvalue weighted by Crippen LogP contribution is 2.34. The van der Waals surface area contributed by atoms with Crippen molar-refractivity contribution in [1.29, 1.82) is 0 Å². The largest absolute Gasteiger partial charge is 0.388 e. The number of aliphatic hydroxyl groups is 1. The van der Waals surface area contributed by atoms with Gasteiger partial charge < -0.3 is 10.4 Å². The predicted molar refractivity (Wildman–Crippen MR) is 78.5 cm³/mol. The monoisotopic (exact) mass is 361 g/mol. The second-order valence-electron chi connectivity index (χ2n) is 4.89. The molecule has 0 unspecified atom stereocenters. The van der Waals surface area contributed by atoms with Crippen LogP contribution in [0.1, 0.15) is 31.2 Å². The first kappa shape index (κ1) is 13.4. The SMILES string of the molecule is Cc1cc(Br)c(NCC2(O)CCCC2)c(Br)c1. The van der Waals surface area contributed by atoms with Crippen LogP contribution in [0.25, 0.3) is 0 Å². The van der Waals surface area contributed by atoms with Crippen molar-refractivity contribution in [3.8, 4) is 0 Å². The quantitative estimate of drug-likeness (QED) is 0.842. The van der Waals surface area contributed by atoms with Crippen molar-refractivity contribution in [2.24, 2.45) is 0 Å². The molecule has 0 radical (unpaired) electrons. The number of halogens is 2. The Morgan fingerprint density at radius 1 is 1.24 bits per heavy atom. The molecule has 1 aliphatic carbocycles. The van der Waals surface area contributed by atoms with Crippen LogP contribution in [0.3, 0.4) is 0 Å². The molecular formula is C13H17Br2NO. The predicted octanol–water partition coefficient (Wildman–Crippen LogP) is 4.24. The Kier molecular flexibility index (Phi) is 4.16. The molecule has 0 aliphatic heterocycles. The molecular weight excluding hydrogens is 346 g/mol. The molecule has 2 rings (SSSR count). The van der Waals surface area contributed by atoms with Gasteiger partial charge in [-0.2, -0.15) is 0 Å². The molecule has 94 valence electrons. The van der Waals surface area contributed by atoms with E-state index in [0.29, 0.717) is 6.54 Å². The van der Waals surface area contributed by atoms with Crippen molar-refractivity contribution in [2.75, 3.05) is 11.9 Å². The first-order chi connectivity index (χ1) is 8.00. The fraction of sp³-hybridized carbons (Fsp3) is 0.538. The number of rotatable bonds is 3. The van der Waals surface area contributed by atoms with Gasteiger partial charge in [0.1, 0.15) is 0 Å². The molecule has 0 bridgehead atoms. The van der Waals surface area contributed by atoms with E-state index in [1.807, 2.05) is 0 Å². The van der Waals surface area contributed by atoms with Crippen LogP contribution in [0.5, 0.6) is 0 Å². The maximum Gasteiger partial charge on any atom is 0.0819 e. The fourth-order valence-electron chi connectivity index (χ4n) is 2.33. The zero-order valence-electron chi connectivity index (χ0n) is 9.89. The average Bonchev–Trinajstić information content (AvgIpc) is 2.64. The highest BCUT2D eigenvalue weighted by atomic mass is 79.9. The maximum absolute atomic E-state index is 10.3. The highest BCUT2D eigenvalue weighted by Gasteiger charge is 2.30. The van der Waals surface area contributed by atoms with Crippen LogP contribution in [-0.2, 0) is 0 Å². The van der Waals surface area contributed by atoms with Crippen molar-refractivity contribution in [1.82, 2.24) is 0 Å². The molecule has 4 heteroatoms. The fourth-order valence-corrected chi connectivity index (χ4v) is 4.03. The number of benzene rings is 1. The summed E-state index contributed by atoms with van der Waals surface area (Å²) >= 11 is 7.10. The molecule has 0 amide bonds. The molecule has 0 aromatic heterocycles. The molecule has 0 spiro atoms. The molecule has 1 aromatic rings. The van der Waals surface area contributed by atoms with Crippen LogP contribution in [0.4, 0.5) is 5.69 Å². The van der Waals surface area contributed by atoms with Crippen molar-refractivity contribution in [3.05, 3.63) is 26.6 Å².